The topological polar surface area (TPSA) is 105 Å². The lowest BCUT2D eigenvalue weighted by Gasteiger charge is -2.25. The molecule has 0 spiro atoms. The van der Waals surface area contributed by atoms with Crippen molar-refractivity contribution in [2.75, 3.05) is 28.6 Å². The van der Waals surface area contributed by atoms with Crippen LogP contribution in [0.2, 0.25) is 0 Å². The largest absolute Gasteiger partial charge is 0.370 e. The number of fused-ring (bicyclic) bond motifs is 1. The summed E-state index contributed by atoms with van der Waals surface area (Å²) < 4.78 is 0. The molecule has 4 N–H and O–H groups in total. The predicted octanol–water partition coefficient (Wildman–Crippen LogP) is 2.83. The fourth-order valence-corrected chi connectivity index (χ4v) is 4.73. The first kappa shape index (κ1) is 19.3. The van der Waals surface area contributed by atoms with Gasteiger partial charge in [0.1, 0.15) is 0 Å². The molecule has 29 heavy (non-hydrogen) atoms. The van der Waals surface area contributed by atoms with Gasteiger partial charge in [0.25, 0.3) is 0 Å². The van der Waals surface area contributed by atoms with Crippen molar-refractivity contribution in [1.82, 2.24) is 0 Å². The maximum Gasteiger partial charge on any atom is 0.248 e. The Labute approximate surface area is 173 Å². The molecule has 4 rings (SSSR count). The van der Waals surface area contributed by atoms with Crippen LogP contribution in [0.5, 0.6) is 0 Å². The number of hydrogen-bond acceptors (Lipinski definition) is 5. The van der Waals surface area contributed by atoms with E-state index in [4.69, 9.17) is 5.73 Å². The van der Waals surface area contributed by atoms with Gasteiger partial charge >= 0.3 is 0 Å². The quantitative estimate of drug-likeness (QED) is 0.703. The highest BCUT2D eigenvalue weighted by atomic mass is 32.2. The third kappa shape index (κ3) is 4.22. The molecule has 2 aromatic carbocycles. The van der Waals surface area contributed by atoms with Crippen LogP contribution in [0.15, 0.2) is 47.4 Å². The smallest absolute Gasteiger partial charge is 0.248 e. The van der Waals surface area contributed by atoms with Gasteiger partial charge in [-0.25, -0.2) is 0 Å². The lowest BCUT2D eigenvalue weighted by atomic mass is 10.1. The third-order valence-corrected chi connectivity index (χ3v) is 6.35. The van der Waals surface area contributed by atoms with Gasteiger partial charge in [0.05, 0.1) is 22.3 Å². The van der Waals surface area contributed by atoms with Crippen LogP contribution in [-0.2, 0) is 9.59 Å². The number of benzene rings is 2. The van der Waals surface area contributed by atoms with Crippen molar-refractivity contribution < 1.29 is 14.4 Å². The SMILES string of the molecule is NC(=O)c1ccc(N2CCCC2)c(NC(=O)C[C@@H]2Sc3ccccc3NC2=O)c1. The summed E-state index contributed by atoms with van der Waals surface area (Å²) in [4.78, 5) is 39.8. The van der Waals surface area contributed by atoms with Gasteiger partial charge in [-0.2, -0.15) is 0 Å². The predicted molar refractivity (Wildman–Crippen MR) is 114 cm³/mol. The second kappa shape index (κ2) is 8.16. The number of primary amides is 1. The molecule has 7 nitrogen and oxygen atoms in total. The number of amides is 3. The molecule has 0 aliphatic carbocycles. The molecular weight excluding hydrogens is 388 g/mol. The summed E-state index contributed by atoms with van der Waals surface area (Å²) in [6.07, 6.45) is 2.21. The average molecular weight is 410 g/mol. The van der Waals surface area contributed by atoms with Crippen molar-refractivity contribution in [1.29, 1.82) is 0 Å². The highest BCUT2D eigenvalue weighted by Crippen LogP contribution is 2.37. The average Bonchev–Trinajstić information content (AvgIpc) is 3.23. The van der Waals surface area contributed by atoms with E-state index in [2.05, 4.69) is 15.5 Å². The molecule has 2 aliphatic heterocycles. The second-order valence-corrected chi connectivity index (χ2v) is 8.38. The molecule has 3 amide bonds. The van der Waals surface area contributed by atoms with Crippen LogP contribution in [0.1, 0.15) is 29.6 Å². The fraction of sp³-hybridized carbons (Fsp3) is 0.286. The van der Waals surface area contributed by atoms with Crippen LogP contribution in [0, 0.1) is 0 Å². The van der Waals surface area contributed by atoms with E-state index in [1.54, 1.807) is 12.1 Å². The number of para-hydroxylation sites is 1. The third-order valence-electron chi connectivity index (χ3n) is 5.08. The number of carbonyl (C=O) groups excluding carboxylic acids is 3. The van der Waals surface area contributed by atoms with Gasteiger partial charge in [-0.05, 0) is 43.2 Å². The molecule has 1 saturated heterocycles. The summed E-state index contributed by atoms with van der Waals surface area (Å²) in [5.41, 5.74) is 7.93. The van der Waals surface area contributed by atoms with Crippen LogP contribution < -0.4 is 21.3 Å². The Morgan fingerprint density at radius 2 is 1.93 bits per heavy atom. The zero-order valence-electron chi connectivity index (χ0n) is 15.8. The number of hydrogen-bond donors (Lipinski definition) is 3. The molecule has 0 saturated carbocycles. The summed E-state index contributed by atoms with van der Waals surface area (Å²) in [6.45, 7) is 1.80. The van der Waals surface area contributed by atoms with Crippen LogP contribution >= 0.6 is 11.8 Å². The summed E-state index contributed by atoms with van der Waals surface area (Å²) >= 11 is 1.38. The van der Waals surface area contributed by atoms with Gasteiger partial charge in [-0.15, -0.1) is 11.8 Å². The van der Waals surface area contributed by atoms with Crippen molar-refractivity contribution in [3.05, 3.63) is 48.0 Å². The van der Waals surface area contributed by atoms with E-state index in [9.17, 15) is 14.4 Å². The molecule has 0 unspecified atom stereocenters. The maximum atomic E-state index is 12.7. The molecule has 2 aromatic rings. The first-order chi connectivity index (χ1) is 14.0. The van der Waals surface area contributed by atoms with Crippen molar-refractivity contribution in [2.24, 2.45) is 5.73 Å². The van der Waals surface area contributed by atoms with Gasteiger partial charge in [0.2, 0.25) is 17.7 Å². The minimum absolute atomic E-state index is 0.0328. The van der Waals surface area contributed by atoms with E-state index >= 15 is 0 Å². The molecule has 1 atom stereocenters. The number of rotatable bonds is 5. The van der Waals surface area contributed by atoms with Crippen LogP contribution in [0.4, 0.5) is 17.1 Å². The Hall–Kier alpha value is -3.00. The summed E-state index contributed by atoms with van der Waals surface area (Å²) in [5, 5.41) is 5.23. The molecule has 8 heteroatoms. The van der Waals surface area contributed by atoms with Gasteiger partial charge < -0.3 is 21.3 Å². The molecule has 2 heterocycles. The number of carbonyl (C=O) groups is 3. The monoisotopic (exact) mass is 410 g/mol. The maximum absolute atomic E-state index is 12.7. The number of thioether (sulfide) groups is 1. The van der Waals surface area contributed by atoms with Gasteiger partial charge in [0.15, 0.2) is 0 Å². The Bertz CT molecular complexity index is 972. The first-order valence-corrected chi connectivity index (χ1v) is 10.4. The Morgan fingerprint density at radius 1 is 1.17 bits per heavy atom. The highest BCUT2D eigenvalue weighted by molar-refractivity contribution is 8.01. The molecule has 2 aliphatic rings. The van der Waals surface area contributed by atoms with Crippen molar-refractivity contribution in [2.45, 2.75) is 29.4 Å². The van der Waals surface area contributed by atoms with E-state index in [1.807, 2.05) is 30.3 Å². The number of nitrogens with two attached hydrogens (primary N) is 1. The Kier molecular flexibility index (Phi) is 5.44. The Balaban J connectivity index is 1.51. The lowest BCUT2D eigenvalue weighted by molar-refractivity contribution is -0.120. The van der Waals surface area contributed by atoms with Crippen LogP contribution in [0.25, 0.3) is 0 Å². The van der Waals surface area contributed by atoms with Crippen molar-refractivity contribution >= 4 is 46.5 Å². The molecule has 0 radical (unpaired) electrons. The molecule has 0 bridgehead atoms. The van der Waals surface area contributed by atoms with E-state index in [0.29, 0.717) is 11.3 Å². The first-order valence-electron chi connectivity index (χ1n) is 9.56. The van der Waals surface area contributed by atoms with E-state index in [1.165, 1.54) is 11.8 Å². The highest BCUT2D eigenvalue weighted by Gasteiger charge is 2.29. The minimum Gasteiger partial charge on any atom is -0.370 e. The van der Waals surface area contributed by atoms with Crippen LogP contribution in [-0.4, -0.2) is 36.1 Å². The van der Waals surface area contributed by atoms with Gasteiger partial charge in [0, 0.05) is 30.0 Å². The van der Waals surface area contributed by atoms with Crippen molar-refractivity contribution in [3.8, 4) is 0 Å². The molecular formula is C21H22N4O3S. The van der Waals surface area contributed by atoms with Gasteiger partial charge in [-0.1, -0.05) is 12.1 Å². The molecule has 150 valence electrons. The van der Waals surface area contributed by atoms with Gasteiger partial charge in [-0.3, -0.25) is 14.4 Å². The number of nitrogens with zero attached hydrogens (tertiary/aromatic N) is 1. The zero-order chi connectivity index (χ0) is 20.4. The van der Waals surface area contributed by atoms with E-state index in [-0.39, 0.29) is 18.2 Å². The number of nitrogens with one attached hydrogen (secondary N) is 2. The summed E-state index contributed by atoms with van der Waals surface area (Å²) in [5.74, 6) is -1.01. The summed E-state index contributed by atoms with van der Waals surface area (Å²) in [7, 11) is 0. The normalized spacial score (nSPS) is 18.1. The zero-order valence-corrected chi connectivity index (χ0v) is 16.6. The molecule has 1 fully saturated rings. The Morgan fingerprint density at radius 3 is 2.69 bits per heavy atom. The number of anilines is 3. The second-order valence-electron chi connectivity index (χ2n) is 7.13. The van der Waals surface area contributed by atoms with Crippen molar-refractivity contribution in [3.63, 3.8) is 0 Å². The summed E-state index contributed by atoms with van der Waals surface area (Å²) in [6, 6.07) is 12.6. The van der Waals surface area contributed by atoms with E-state index in [0.717, 1.165) is 42.2 Å². The molecule has 0 aromatic heterocycles. The van der Waals surface area contributed by atoms with E-state index < -0.39 is 11.2 Å². The minimum atomic E-state index is -0.549. The van der Waals surface area contributed by atoms with Crippen LogP contribution in [0.3, 0.4) is 0 Å². The fourth-order valence-electron chi connectivity index (χ4n) is 3.62. The lowest BCUT2D eigenvalue weighted by Crippen LogP contribution is -2.32. The standard InChI is InChI=1S/C21H22N4O3S/c22-20(27)13-7-8-16(25-9-3-4-10-25)15(11-13)23-19(26)12-18-21(28)24-14-5-1-2-6-17(14)29-18/h1-2,5-8,11,18H,3-4,9-10,12H2,(H2,22,27)(H,23,26)(H,24,28)/t18-/m0/s1.